The molecule has 0 fully saturated rings. The number of hydrogen-bond donors (Lipinski definition) is 1. The van der Waals surface area contributed by atoms with Gasteiger partial charge in [-0.05, 0) is 51.5 Å². The Morgan fingerprint density at radius 3 is 2.68 bits per heavy atom. The molecule has 0 saturated heterocycles. The van der Waals surface area contributed by atoms with E-state index in [1.165, 1.54) is 0 Å². The highest BCUT2D eigenvalue weighted by atomic mass is 16.5. The van der Waals surface area contributed by atoms with Gasteiger partial charge in [0.15, 0.2) is 0 Å². The SMILES string of the molecule is CCOc1ccc(C(C)NC(=O)c2cc(C)nc3onc(C)c23)cc1. The largest absolute Gasteiger partial charge is 0.494 e. The molecule has 0 aliphatic rings. The van der Waals surface area contributed by atoms with Gasteiger partial charge in [0.25, 0.3) is 11.6 Å². The minimum absolute atomic E-state index is 0.146. The number of nitrogens with zero attached hydrogens (tertiary/aromatic N) is 2. The predicted molar refractivity (Wildman–Crippen MR) is 94.8 cm³/mol. The highest BCUT2D eigenvalue weighted by Crippen LogP contribution is 2.23. The van der Waals surface area contributed by atoms with Crippen molar-refractivity contribution >= 4 is 17.0 Å². The molecule has 0 radical (unpaired) electrons. The molecule has 3 aromatic rings. The Kier molecular flexibility index (Phi) is 4.70. The molecular formula is C19H21N3O3. The van der Waals surface area contributed by atoms with Crippen LogP contribution in [0.3, 0.4) is 0 Å². The van der Waals surface area contributed by atoms with E-state index in [1.54, 1.807) is 13.0 Å². The second-order valence-electron chi connectivity index (χ2n) is 5.96. The van der Waals surface area contributed by atoms with E-state index in [4.69, 9.17) is 9.26 Å². The van der Waals surface area contributed by atoms with Crippen LogP contribution in [-0.2, 0) is 0 Å². The van der Waals surface area contributed by atoms with Crippen molar-refractivity contribution in [1.82, 2.24) is 15.5 Å². The fraction of sp³-hybridized carbons (Fsp3) is 0.316. The van der Waals surface area contributed by atoms with Crippen LogP contribution in [0.4, 0.5) is 0 Å². The third-order valence-corrected chi connectivity index (χ3v) is 4.03. The standard InChI is InChI=1S/C19H21N3O3/c1-5-24-15-8-6-14(7-9-15)12(3)21-18(23)16-10-11(2)20-19-17(16)13(4)22-25-19/h6-10,12H,5H2,1-4H3,(H,21,23). The summed E-state index contributed by atoms with van der Waals surface area (Å²) >= 11 is 0. The van der Waals surface area contributed by atoms with E-state index in [9.17, 15) is 4.79 Å². The van der Waals surface area contributed by atoms with Crippen LogP contribution in [0.25, 0.3) is 11.1 Å². The van der Waals surface area contributed by atoms with Crippen molar-refractivity contribution in [2.75, 3.05) is 6.61 Å². The van der Waals surface area contributed by atoms with Crippen LogP contribution in [0, 0.1) is 13.8 Å². The number of rotatable bonds is 5. The number of ether oxygens (including phenoxy) is 1. The van der Waals surface area contributed by atoms with Gasteiger partial charge >= 0.3 is 0 Å². The van der Waals surface area contributed by atoms with Crippen LogP contribution < -0.4 is 10.1 Å². The normalized spacial score (nSPS) is 12.2. The quantitative estimate of drug-likeness (QED) is 0.766. The summed E-state index contributed by atoms with van der Waals surface area (Å²) in [4.78, 5) is 17.1. The summed E-state index contributed by atoms with van der Waals surface area (Å²) in [6.45, 7) is 8.14. The van der Waals surface area contributed by atoms with Crippen LogP contribution in [0.2, 0.25) is 0 Å². The lowest BCUT2D eigenvalue weighted by Gasteiger charge is -2.15. The highest BCUT2D eigenvalue weighted by Gasteiger charge is 2.19. The summed E-state index contributed by atoms with van der Waals surface area (Å²) in [5, 5.41) is 7.59. The molecule has 1 amide bonds. The van der Waals surface area contributed by atoms with Gasteiger partial charge in [0.1, 0.15) is 5.75 Å². The number of nitrogens with one attached hydrogen (secondary N) is 1. The van der Waals surface area contributed by atoms with Crippen LogP contribution in [0.15, 0.2) is 34.9 Å². The number of carbonyl (C=O) groups excluding carboxylic acids is 1. The van der Waals surface area contributed by atoms with Gasteiger partial charge < -0.3 is 14.6 Å². The Balaban J connectivity index is 1.83. The number of pyridine rings is 1. The number of fused-ring (bicyclic) bond motifs is 1. The second kappa shape index (κ2) is 6.93. The first kappa shape index (κ1) is 17.0. The molecule has 6 heteroatoms. The van der Waals surface area contributed by atoms with E-state index in [-0.39, 0.29) is 11.9 Å². The van der Waals surface area contributed by atoms with Gasteiger partial charge in [-0.2, -0.15) is 0 Å². The molecule has 0 saturated carbocycles. The van der Waals surface area contributed by atoms with E-state index in [0.29, 0.717) is 34.7 Å². The van der Waals surface area contributed by atoms with Crippen molar-refractivity contribution in [2.45, 2.75) is 33.7 Å². The molecule has 25 heavy (non-hydrogen) atoms. The van der Waals surface area contributed by atoms with Gasteiger partial charge in [-0.1, -0.05) is 17.3 Å². The maximum Gasteiger partial charge on any atom is 0.258 e. The number of aromatic nitrogens is 2. The van der Waals surface area contributed by atoms with Gasteiger partial charge in [0, 0.05) is 5.69 Å². The van der Waals surface area contributed by atoms with Crippen LogP contribution >= 0.6 is 0 Å². The van der Waals surface area contributed by atoms with Gasteiger partial charge in [0.2, 0.25) is 0 Å². The van der Waals surface area contributed by atoms with Crippen molar-refractivity contribution in [2.24, 2.45) is 0 Å². The molecule has 3 rings (SSSR count). The molecular weight excluding hydrogens is 318 g/mol. The number of hydrogen-bond acceptors (Lipinski definition) is 5. The fourth-order valence-electron chi connectivity index (χ4n) is 2.77. The first-order chi connectivity index (χ1) is 12.0. The average molecular weight is 339 g/mol. The Hall–Kier alpha value is -2.89. The summed E-state index contributed by atoms with van der Waals surface area (Å²) in [6.07, 6.45) is 0. The average Bonchev–Trinajstić information content (AvgIpc) is 2.96. The third-order valence-electron chi connectivity index (χ3n) is 4.03. The maximum atomic E-state index is 12.8. The molecule has 2 aromatic heterocycles. The van der Waals surface area contributed by atoms with Gasteiger partial charge in [0.05, 0.1) is 29.3 Å². The minimum Gasteiger partial charge on any atom is -0.494 e. The molecule has 1 N–H and O–H groups in total. The van der Waals surface area contributed by atoms with Gasteiger partial charge in [-0.3, -0.25) is 4.79 Å². The lowest BCUT2D eigenvalue weighted by molar-refractivity contribution is 0.0941. The molecule has 0 bridgehead atoms. The number of amides is 1. The first-order valence-electron chi connectivity index (χ1n) is 8.26. The first-order valence-corrected chi connectivity index (χ1v) is 8.26. The summed E-state index contributed by atoms with van der Waals surface area (Å²) in [7, 11) is 0. The number of carbonyl (C=O) groups is 1. The molecule has 0 aliphatic heterocycles. The zero-order valence-electron chi connectivity index (χ0n) is 14.8. The summed E-state index contributed by atoms with van der Waals surface area (Å²) in [6, 6.07) is 9.32. The van der Waals surface area contributed by atoms with Crippen molar-refractivity contribution < 1.29 is 14.1 Å². The lowest BCUT2D eigenvalue weighted by Crippen LogP contribution is -2.27. The summed E-state index contributed by atoms with van der Waals surface area (Å²) in [5.74, 6) is 0.638. The number of aryl methyl sites for hydroxylation is 2. The van der Waals surface area contributed by atoms with Crippen molar-refractivity contribution in [1.29, 1.82) is 0 Å². The van der Waals surface area contributed by atoms with E-state index in [0.717, 1.165) is 11.3 Å². The molecule has 0 aliphatic carbocycles. The van der Waals surface area contributed by atoms with Gasteiger partial charge in [-0.25, -0.2) is 4.98 Å². The number of benzene rings is 1. The fourth-order valence-corrected chi connectivity index (χ4v) is 2.77. The summed E-state index contributed by atoms with van der Waals surface area (Å²) in [5.41, 5.74) is 3.28. The zero-order valence-corrected chi connectivity index (χ0v) is 14.8. The van der Waals surface area contributed by atoms with E-state index in [2.05, 4.69) is 15.5 Å². The molecule has 1 unspecified atom stereocenters. The highest BCUT2D eigenvalue weighted by molar-refractivity contribution is 6.06. The molecule has 1 aromatic carbocycles. The maximum absolute atomic E-state index is 12.8. The lowest BCUT2D eigenvalue weighted by atomic mass is 10.1. The molecule has 1 atom stereocenters. The Morgan fingerprint density at radius 1 is 1.28 bits per heavy atom. The van der Waals surface area contributed by atoms with E-state index in [1.807, 2.05) is 45.0 Å². The van der Waals surface area contributed by atoms with Crippen LogP contribution in [0.5, 0.6) is 5.75 Å². The topological polar surface area (TPSA) is 77.2 Å². The van der Waals surface area contributed by atoms with Crippen molar-refractivity contribution in [3.05, 3.63) is 52.8 Å². The molecule has 2 heterocycles. The third kappa shape index (κ3) is 3.47. The summed E-state index contributed by atoms with van der Waals surface area (Å²) < 4.78 is 10.6. The van der Waals surface area contributed by atoms with E-state index < -0.39 is 0 Å². The van der Waals surface area contributed by atoms with Crippen molar-refractivity contribution in [3.63, 3.8) is 0 Å². The minimum atomic E-state index is -0.178. The smallest absolute Gasteiger partial charge is 0.258 e. The van der Waals surface area contributed by atoms with Crippen LogP contribution in [0.1, 0.15) is 47.2 Å². The van der Waals surface area contributed by atoms with Gasteiger partial charge in [-0.15, -0.1) is 0 Å². The molecule has 0 spiro atoms. The molecule has 6 nitrogen and oxygen atoms in total. The zero-order chi connectivity index (χ0) is 18.0. The monoisotopic (exact) mass is 339 g/mol. The Labute approximate surface area is 146 Å². The Morgan fingerprint density at radius 2 is 2.00 bits per heavy atom. The second-order valence-corrected chi connectivity index (χ2v) is 5.96. The van der Waals surface area contributed by atoms with Crippen molar-refractivity contribution in [3.8, 4) is 5.75 Å². The molecule has 130 valence electrons. The van der Waals surface area contributed by atoms with E-state index >= 15 is 0 Å². The predicted octanol–water partition coefficient (Wildman–Crippen LogP) is 3.73. The van der Waals surface area contributed by atoms with Crippen LogP contribution in [-0.4, -0.2) is 22.7 Å². The Bertz CT molecular complexity index is 900.